The number of piperidine rings is 1. The molecule has 3 aromatic heterocycles. The van der Waals surface area contributed by atoms with Crippen LogP contribution in [0.4, 0.5) is 0 Å². The summed E-state index contributed by atoms with van der Waals surface area (Å²) < 4.78 is 2.32. The van der Waals surface area contributed by atoms with Gasteiger partial charge in [0.2, 0.25) is 0 Å². The molecule has 1 amide bonds. The summed E-state index contributed by atoms with van der Waals surface area (Å²) in [5.41, 5.74) is 3.24. The predicted octanol–water partition coefficient (Wildman–Crippen LogP) is 4.11. The molecule has 2 atom stereocenters. The largest absolute Gasteiger partial charge is 0.346 e. The monoisotopic (exact) mass is 383 g/mol. The van der Waals surface area contributed by atoms with E-state index in [1.54, 1.807) is 24.3 Å². The van der Waals surface area contributed by atoms with Crippen LogP contribution in [-0.4, -0.2) is 38.4 Å². The minimum absolute atomic E-state index is 0.0244. The molecule has 29 heavy (non-hydrogen) atoms. The Bertz CT molecular complexity index is 1240. The number of aromatic nitrogens is 3. The van der Waals surface area contributed by atoms with Crippen molar-refractivity contribution in [3.05, 3.63) is 66.1 Å². The Kier molecular flexibility index (Phi) is 4.09. The Balaban J connectivity index is 1.49. The number of hydrogen-bond donors (Lipinski definition) is 1. The molecular weight excluding hydrogens is 362 g/mol. The highest BCUT2D eigenvalue weighted by Crippen LogP contribution is 2.34. The van der Waals surface area contributed by atoms with Crippen molar-refractivity contribution in [1.29, 1.82) is 5.26 Å². The van der Waals surface area contributed by atoms with Gasteiger partial charge in [-0.15, -0.1) is 0 Å². The Labute approximate surface area is 168 Å². The molecule has 1 N–H and O–H groups in total. The number of carbonyl (C=O) groups excluding carboxylic acids is 1. The van der Waals surface area contributed by atoms with Crippen LogP contribution in [-0.2, 0) is 0 Å². The molecule has 6 heteroatoms. The fourth-order valence-electron chi connectivity index (χ4n) is 4.40. The van der Waals surface area contributed by atoms with E-state index in [1.807, 2.05) is 17.3 Å². The number of H-pyrrole nitrogens is 1. The SMILES string of the molecule is C[C@@H]1CCN(C(=O)c2ccc(C#N)cc2)CC1n1ccc2cnc3[nH]ccc3c21. The second kappa shape index (κ2) is 6.78. The lowest BCUT2D eigenvalue weighted by Crippen LogP contribution is -2.43. The number of nitrogens with one attached hydrogen (secondary N) is 1. The summed E-state index contributed by atoms with van der Waals surface area (Å²) in [5.74, 6) is 0.481. The van der Waals surface area contributed by atoms with Crippen LogP contribution in [0.25, 0.3) is 21.9 Å². The molecule has 1 aromatic carbocycles. The maximum absolute atomic E-state index is 13.1. The molecule has 1 aliphatic heterocycles. The number of aromatic amines is 1. The van der Waals surface area contributed by atoms with Crippen LogP contribution >= 0.6 is 0 Å². The molecule has 0 radical (unpaired) electrons. The van der Waals surface area contributed by atoms with Crippen molar-refractivity contribution in [1.82, 2.24) is 19.4 Å². The van der Waals surface area contributed by atoms with E-state index >= 15 is 0 Å². The Morgan fingerprint density at radius 2 is 2.07 bits per heavy atom. The van der Waals surface area contributed by atoms with Crippen LogP contribution in [0.2, 0.25) is 0 Å². The summed E-state index contributed by atoms with van der Waals surface area (Å²) in [6, 6.07) is 13.3. The van der Waals surface area contributed by atoms with Gasteiger partial charge < -0.3 is 14.5 Å². The molecule has 5 rings (SSSR count). The van der Waals surface area contributed by atoms with E-state index in [1.165, 1.54) is 5.52 Å². The van der Waals surface area contributed by atoms with Gasteiger partial charge in [-0.2, -0.15) is 5.26 Å². The van der Waals surface area contributed by atoms with E-state index in [2.05, 4.69) is 45.9 Å². The minimum atomic E-state index is 0.0244. The number of pyridine rings is 1. The van der Waals surface area contributed by atoms with Gasteiger partial charge in [-0.1, -0.05) is 6.92 Å². The average Bonchev–Trinajstić information content (AvgIpc) is 3.40. The number of benzene rings is 1. The third-order valence-electron chi connectivity index (χ3n) is 6.08. The van der Waals surface area contributed by atoms with Crippen LogP contribution in [0.1, 0.15) is 35.3 Å². The summed E-state index contributed by atoms with van der Waals surface area (Å²) in [4.78, 5) is 22.7. The predicted molar refractivity (Wildman–Crippen MR) is 111 cm³/mol. The second-order valence-corrected chi connectivity index (χ2v) is 7.80. The van der Waals surface area contributed by atoms with Crippen molar-refractivity contribution >= 4 is 27.8 Å². The van der Waals surface area contributed by atoms with Gasteiger partial charge in [-0.05, 0) is 48.7 Å². The first kappa shape index (κ1) is 17.5. The molecular formula is C23H21N5O. The van der Waals surface area contributed by atoms with E-state index in [0.29, 0.717) is 23.6 Å². The lowest BCUT2D eigenvalue weighted by Gasteiger charge is -2.38. The Hall–Kier alpha value is -3.59. The standard InChI is InChI=1S/C23H21N5O/c1-15-7-10-27(23(29)17-4-2-16(12-24)3-5-17)14-20(15)28-11-8-18-13-26-22-19(21(18)28)6-9-25-22/h2-6,8-9,11,13,15,20H,7,10,14H2,1H3,(H,25,26)/t15-,20?/m1/s1. The highest BCUT2D eigenvalue weighted by Gasteiger charge is 2.31. The first-order valence-corrected chi connectivity index (χ1v) is 9.88. The molecule has 0 saturated carbocycles. The fraction of sp³-hybridized carbons (Fsp3) is 0.261. The quantitative estimate of drug-likeness (QED) is 0.566. The second-order valence-electron chi connectivity index (χ2n) is 7.80. The van der Waals surface area contributed by atoms with E-state index in [4.69, 9.17) is 5.26 Å². The number of nitriles is 1. The lowest BCUT2D eigenvalue weighted by molar-refractivity contribution is 0.0625. The van der Waals surface area contributed by atoms with Crippen molar-refractivity contribution < 1.29 is 4.79 Å². The van der Waals surface area contributed by atoms with Crippen LogP contribution in [0, 0.1) is 17.2 Å². The number of fused-ring (bicyclic) bond motifs is 3. The normalized spacial score (nSPS) is 19.5. The summed E-state index contributed by atoms with van der Waals surface area (Å²) in [5, 5.41) is 11.2. The first-order valence-electron chi connectivity index (χ1n) is 9.88. The molecule has 4 heterocycles. The molecule has 1 saturated heterocycles. The van der Waals surface area contributed by atoms with Gasteiger partial charge in [-0.3, -0.25) is 4.79 Å². The third kappa shape index (κ3) is 2.87. The van der Waals surface area contributed by atoms with E-state index in [0.717, 1.165) is 29.4 Å². The van der Waals surface area contributed by atoms with Crippen molar-refractivity contribution in [2.45, 2.75) is 19.4 Å². The minimum Gasteiger partial charge on any atom is -0.346 e. The molecule has 1 fully saturated rings. The number of hydrogen-bond acceptors (Lipinski definition) is 3. The van der Waals surface area contributed by atoms with Gasteiger partial charge in [0.15, 0.2) is 0 Å². The summed E-state index contributed by atoms with van der Waals surface area (Å²) in [6.45, 7) is 3.67. The Morgan fingerprint density at radius 1 is 1.24 bits per heavy atom. The maximum atomic E-state index is 13.1. The van der Waals surface area contributed by atoms with Gasteiger partial charge in [0.05, 0.1) is 23.2 Å². The third-order valence-corrected chi connectivity index (χ3v) is 6.08. The van der Waals surface area contributed by atoms with Crippen LogP contribution in [0.5, 0.6) is 0 Å². The summed E-state index contributed by atoms with van der Waals surface area (Å²) >= 11 is 0. The molecule has 0 aliphatic carbocycles. The zero-order chi connectivity index (χ0) is 20.0. The summed E-state index contributed by atoms with van der Waals surface area (Å²) in [6.07, 6.45) is 6.89. The van der Waals surface area contributed by atoms with E-state index in [-0.39, 0.29) is 11.9 Å². The topological polar surface area (TPSA) is 77.7 Å². The molecule has 1 aliphatic rings. The van der Waals surface area contributed by atoms with Crippen LogP contribution < -0.4 is 0 Å². The van der Waals surface area contributed by atoms with Crippen LogP contribution in [0.3, 0.4) is 0 Å². The van der Waals surface area contributed by atoms with E-state index in [9.17, 15) is 4.79 Å². The number of carbonyl (C=O) groups is 1. The highest BCUT2D eigenvalue weighted by molar-refractivity contribution is 6.02. The molecule has 1 unspecified atom stereocenters. The van der Waals surface area contributed by atoms with Gasteiger partial charge in [0.25, 0.3) is 5.91 Å². The zero-order valence-electron chi connectivity index (χ0n) is 16.2. The molecule has 0 spiro atoms. The fourth-order valence-corrected chi connectivity index (χ4v) is 4.40. The number of amides is 1. The Morgan fingerprint density at radius 3 is 2.86 bits per heavy atom. The molecule has 6 nitrogen and oxygen atoms in total. The summed E-state index contributed by atoms with van der Waals surface area (Å²) in [7, 11) is 0. The van der Waals surface area contributed by atoms with Gasteiger partial charge >= 0.3 is 0 Å². The highest BCUT2D eigenvalue weighted by atomic mass is 16.2. The smallest absolute Gasteiger partial charge is 0.253 e. The van der Waals surface area contributed by atoms with Crippen molar-refractivity contribution in [2.24, 2.45) is 5.92 Å². The number of likely N-dealkylation sites (tertiary alicyclic amines) is 1. The van der Waals surface area contributed by atoms with Gasteiger partial charge in [0.1, 0.15) is 5.65 Å². The maximum Gasteiger partial charge on any atom is 0.253 e. The van der Waals surface area contributed by atoms with Crippen molar-refractivity contribution in [3.63, 3.8) is 0 Å². The van der Waals surface area contributed by atoms with Crippen molar-refractivity contribution in [3.8, 4) is 6.07 Å². The molecule has 4 aromatic rings. The van der Waals surface area contributed by atoms with Crippen molar-refractivity contribution in [2.75, 3.05) is 13.1 Å². The van der Waals surface area contributed by atoms with Gasteiger partial charge in [-0.25, -0.2) is 4.98 Å². The molecule has 144 valence electrons. The number of nitrogens with zero attached hydrogens (tertiary/aromatic N) is 4. The molecule has 0 bridgehead atoms. The number of rotatable bonds is 2. The van der Waals surface area contributed by atoms with E-state index < -0.39 is 0 Å². The first-order chi connectivity index (χ1) is 14.2. The lowest BCUT2D eigenvalue weighted by atomic mass is 9.92. The van der Waals surface area contributed by atoms with Gasteiger partial charge in [0, 0.05) is 48.0 Å². The zero-order valence-corrected chi connectivity index (χ0v) is 16.2. The van der Waals surface area contributed by atoms with Crippen LogP contribution in [0.15, 0.2) is 55.0 Å². The average molecular weight is 383 g/mol.